The molecule has 3 heteroatoms. The molecule has 0 aliphatic carbocycles. The summed E-state index contributed by atoms with van der Waals surface area (Å²) in [6.07, 6.45) is 2.56. The van der Waals surface area contributed by atoms with Crippen LogP contribution in [0.15, 0.2) is 12.3 Å². The summed E-state index contributed by atoms with van der Waals surface area (Å²) in [6.45, 7) is 0. The lowest BCUT2D eigenvalue weighted by atomic mass is 10.6. The topological polar surface area (TPSA) is 43.2 Å². The Bertz CT molecular complexity index is 107. The van der Waals surface area contributed by atoms with Crippen LogP contribution in [0.1, 0.15) is 0 Å². The molecule has 0 aliphatic rings. The highest BCUT2D eigenvalue weighted by atomic mass is 16.4. The zero-order chi connectivity index (χ0) is 6.57. The molecule has 1 radical (unpaired) electrons. The van der Waals surface area contributed by atoms with Crippen molar-refractivity contribution in [2.24, 2.45) is 0 Å². The van der Waals surface area contributed by atoms with Crippen molar-refractivity contribution in [1.29, 1.82) is 0 Å². The summed E-state index contributed by atoms with van der Waals surface area (Å²) in [4.78, 5) is 11.5. The number of carbonyl (C=O) groups is 1. The van der Waals surface area contributed by atoms with Crippen molar-refractivity contribution >= 4 is 5.97 Å². The third kappa shape index (κ3) is 5.17. The van der Waals surface area contributed by atoms with Crippen LogP contribution in [-0.2, 0) is 4.79 Å². The number of rotatable bonds is 2. The molecule has 0 bridgehead atoms. The van der Waals surface area contributed by atoms with Crippen molar-refractivity contribution < 1.29 is 9.90 Å². The van der Waals surface area contributed by atoms with Gasteiger partial charge in [-0.05, 0) is 0 Å². The molecule has 8 heavy (non-hydrogen) atoms. The van der Waals surface area contributed by atoms with Crippen molar-refractivity contribution in [1.82, 2.24) is 4.90 Å². The van der Waals surface area contributed by atoms with Crippen molar-refractivity contribution in [3.8, 4) is 0 Å². The van der Waals surface area contributed by atoms with E-state index in [2.05, 4.69) is 0 Å². The highest BCUT2D eigenvalue weighted by molar-refractivity contribution is 5.79. The molecule has 0 aromatic carbocycles. The van der Waals surface area contributed by atoms with Gasteiger partial charge in [0.2, 0.25) is 0 Å². The number of carboxylic acid groups (broad SMARTS) is 1. The van der Waals surface area contributed by atoms with Gasteiger partial charge in [0.25, 0.3) is 0 Å². The molecule has 45 valence electrons. The van der Waals surface area contributed by atoms with Gasteiger partial charge in [-0.3, -0.25) is 0 Å². The van der Waals surface area contributed by atoms with Crippen molar-refractivity contribution in [2.75, 3.05) is 14.1 Å². The lowest BCUT2D eigenvalue weighted by Crippen LogP contribution is -2.09. The average Bonchev–Trinajstić information content (AvgIpc) is 1.61. The maximum Gasteiger partial charge on any atom is 0.333 e. The SMILES string of the molecule is C[N+](C)C=CC(=O)O. The minimum absolute atomic E-state index is 0.918. The molecule has 0 rings (SSSR count). The first kappa shape index (κ1) is 7.17. The molecule has 0 aromatic rings. The Hall–Kier alpha value is -0.830. The van der Waals surface area contributed by atoms with E-state index >= 15 is 0 Å². The minimum Gasteiger partial charge on any atom is -0.478 e. The average molecular weight is 115 g/mol. The fourth-order valence-corrected chi connectivity index (χ4v) is 0.213. The van der Waals surface area contributed by atoms with Gasteiger partial charge < -0.3 is 5.11 Å². The Balaban J connectivity index is 3.50. The predicted molar refractivity (Wildman–Crippen MR) is 30.8 cm³/mol. The van der Waals surface area contributed by atoms with Gasteiger partial charge in [0, 0.05) is 0 Å². The smallest absolute Gasteiger partial charge is 0.333 e. The van der Waals surface area contributed by atoms with E-state index in [9.17, 15) is 4.79 Å². The molecule has 1 N–H and O–H groups in total. The first-order valence-electron chi connectivity index (χ1n) is 2.20. The second-order valence-electron chi connectivity index (χ2n) is 1.62. The van der Waals surface area contributed by atoms with Crippen LogP contribution in [0.2, 0.25) is 0 Å². The first-order valence-corrected chi connectivity index (χ1v) is 2.20. The number of hydrogen-bond donors (Lipinski definition) is 1. The van der Waals surface area contributed by atoms with E-state index in [1.807, 2.05) is 0 Å². The Labute approximate surface area is 48.2 Å². The largest absolute Gasteiger partial charge is 0.478 e. The second kappa shape index (κ2) is 3.21. The Kier molecular flexibility index (Phi) is 2.88. The van der Waals surface area contributed by atoms with Crippen LogP contribution in [0.3, 0.4) is 0 Å². The summed E-state index contributed by atoms with van der Waals surface area (Å²) < 4.78 is 0. The van der Waals surface area contributed by atoms with Gasteiger partial charge in [-0.15, -0.1) is 4.90 Å². The van der Waals surface area contributed by atoms with E-state index in [0.29, 0.717) is 0 Å². The van der Waals surface area contributed by atoms with E-state index in [4.69, 9.17) is 5.11 Å². The number of hydrogen-bond acceptors (Lipinski definition) is 2. The summed E-state index contributed by atoms with van der Waals surface area (Å²) in [7, 11) is 3.53. The van der Waals surface area contributed by atoms with Gasteiger partial charge in [0.15, 0.2) is 6.20 Å². The zero-order valence-electron chi connectivity index (χ0n) is 4.96. The fraction of sp³-hybridized carbons (Fsp3) is 0.400. The third-order valence-electron chi connectivity index (χ3n) is 0.515. The van der Waals surface area contributed by atoms with E-state index < -0.39 is 5.97 Å². The van der Waals surface area contributed by atoms with E-state index in [1.165, 1.54) is 6.20 Å². The highest BCUT2D eigenvalue weighted by Crippen LogP contribution is 1.71. The molecule has 3 nitrogen and oxygen atoms in total. The molecule has 0 saturated carbocycles. The van der Waals surface area contributed by atoms with Crippen molar-refractivity contribution in [2.45, 2.75) is 0 Å². The zero-order valence-corrected chi connectivity index (χ0v) is 4.96. The van der Waals surface area contributed by atoms with Crippen LogP contribution in [0.25, 0.3) is 0 Å². The Morgan fingerprint density at radius 2 is 2.12 bits per heavy atom. The van der Waals surface area contributed by atoms with Gasteiger partial charge in [-0.25, -0.2) is 4.79 Å². The highest BCUT2D eigenvalue weighted by Gasteiger charge is 1.91. The number of carboxylic acids is 1. The molecule has 0 spiro atoms. The summed E-state index contributed by atoms with van der Waals surface area (Å²) in [6, 6.07) is 0. The van der Waals surface area contributed by atoms with Crippen molar-refractivity contribution in [3.63, 3.8) is 0 Å². The van der Waals surface area contributed by atoms with Crippen LogP contribution in [-0.4, -0.2) is 25.2 Å². The van der Waals surface area contributed by atoms with Crippen molar-refractivity contribution in [3.05, 3.63) is 12.3 Å². The second-order valence-corrected chi connectivity index (χ2v) is 1.62. The van der Waals surface area contributed by atoms with E-state index in [-0.39, 0.29) is 0 Å². The molecule has 0 saturated heterocycles. The van der Waals surface area contributed by atoms with Gasteiger partial charge in [0.05, 0.1) is 6.08 Å². The molecule has 0 aromatic heterocycles. The van der Waals surface area contributed by atoms with Gasteiger partial charge in [-0.2, -0.15) is 0 Å². The summed E-state index contributed by atoms with van der Waals surface area (Å²) in [5, 5.41) is 8.05. The molecular weight excluding hydrogens is 106 g/mol. The maximum atomic E-state index is 9.79. The van der Waals surface area contributed by atoms with Crippen LogP contribution in [0.5, 0.6) is 0 Å². The standard InChI is InChI=1S/C5H9NO2/c1-6(2)4-3-5(7)8/h3-4H,1-2H3,(H,7,8)/q+1. The minimum atomic E-state index is -0.918. The van der Waals surface area contributed by atoms with Gasteiger partial charge >= 0.3 is 5.97 Å². The normalized spacial score (nSPS) is 10.9. The van der Waals surface area contributed by atoms with Crippen LogP contribution in [0.4, 0.5) is 0 Å². The number of aliphatic carboxylic acids is 1. The fourth-order valence-electron chi connectivity index (χ4n) is 0.213. The molecule has 0 amide bonds. The molecule has 0 heterocycles. The van der Waals surface area contributed by atoms with Crippen LogP contribution < -0.4 is 4.90 Å². The molecule has 0 atom stereocenters. The molecular formula is C5H9NO2+. The lowest BCUT2D eigenvalue weighted by Gasteiger charge is -1.84. The Morgan fingerprint density at radius 1 is 1.62 bits per heavy atom. The van der Waals surface area contributed by atoms with Crippen LogP contribution >= 0.6 is 0 Å². The predicted octanol–water partition coefficient (Wildman–Crippen LogP) is -0.0156. The lowest BCUT2D eigenvalue weighted by molar-refractivity contribution is -0.131. The van der Waals surface area contributed by atoms with E-state index in [1.54, 1.807) is 19.0 Å². The monoisotopic (exact) mass is 115 g/mol. The van der Waals surface area contributed by atoms with E-state index in [0.717, 1.165) is 6.08 Å². The molecule has 0 aliphatic heterocycles. The maximum absolute atomic E-state index is 9.79. The summed E-state index contributed by atoms with van der Waals surface area (Å²) in [5.41, 5.74) is 0. The van der Waals surface area contributed by atoms with Gasteiger partial charge in [0.1, 0.15) is 14.1 Å². The van der Waals surface area contributed by atoms with Gasteiger partial charge in [-0.1, -0.05) is 0 Å². The molecule has 0 fully saturated rings. The Morgan fingerprint density at radius 3 is 2.25 bits per heavy atom. The third-order valence-corrected chi connectivity index (χ3v) is 0.515. The summed E-state index contributed by atoms with van der Waals surface area (Å²) >= 11 is 0. The quantitative estimate of drug-likeness (QED) is 0.406. The first-order chi connectivity index (χ1) is 3.63. The molecule has 0 unspecified atom stereocenters. The number of nitrogens with zero attached hydrogens (tertiary/aromatic N) is 1. The summed E-state index contributed by atoms with van der Waals surface area (Å²) in [5.74, 6) is -0.918. The van der Waals surface area contributed by atoms with Crippen LogP contribution in [0, 0.1) is 0 Å².